The summed E-state index contributed by atoms with van der Waals surface area (Å²) in [6.07, 6.45) is -2.82. The Kier molecular flexibility index (Phi) is 7.28. The van der Waals surface area contributed by atoms with Gasteiger partial charge in [0.2, 0.25) is 0 Å². The number of para-hydroxylation sites is 1. The van der Waals surface area contributed by atoms with Crippen molar-refractivity contribution in [2.24, 2.45) is 5.73 Å². The molecule has 0 saturated carbocycles. The van der Waals surface area contributed by atoms with Crippen LogP contribution in [0.2, 0.25) is 0 Å². The number of pyridine rings is 1. The van der Waals surface area contributed by atoms with E-state index in [2.05, 4.69) is 26.2 Å². The number of fused-ring (bicyclic) bond motifs is 1. The number of hydrogen-bond donors (Lipinski definition) is 2. The number of nitrogens with zero attached hydrogens (tertiary/aromatic N) is 1. The van der Waals surface area contributed by atoms with Gasteiger partial charge in [0.25, 0.3) is 18.2 Å². The Morgan fingerprint density at radius 3 is 2.63 bits per heavy atom. The predicted octanol–water partition coefficient (Wildman–Crippen LogP) is 7.56. The molecule has 0 fully saturated rings. The van der Waals surface area contributed by atoms with E-state index in [-0.39, 0.29) is 27.8 Å². The standard InChI is InChI=1S/C26H18BrF2N3O4S2/c1-12-6-9-19(37-12)14-10-16(23(28)29)31-26-20(14)21(22(38-26)24(30)33)32-25(34)18-8-7-13(36-18)11-35-17-5-3-2-4-15(17)27/h2-10,23H,11H2,1H3,(H2,30,33)(H,32,34). The van der Waals surface area contributed by atoms with Gasteiger partial charge >= 0.3 is 0 Å². The molecule has 2 amide bonds. The number of carbonyl (C=O) groups excluding carboxylic acids is 2. The smallest absolute Gasteiger partial charge is 0.291 e. The molecule has 0 radical (unpaired) electrons. The zero-order valence-electron chi connectivity index (χ0n) is 19.6. The highest BCUT2D eigenvalue weighted by atomic mass is 79.9. The number of anilines is 1. The Morgan fingerprint density at radius 1 is 1.16 bits per heavy atom. The number of ether oxygens (including phenoxy) is 1. The number of hydrogen-bond acceptors (Lipinski definition) is 7. The molecule has 0 aliphatic heterocycles. The van der Waals surface area contributed by atoms with Crippen LogP contribution in [0.4, 0.5) is 14.5 Å². The van der Waals surface area contributed by atoms with E-state index in [1.807, 2.05) is 31.2 Å². The van der Waals surface area contributed by atoms with Gasteiger partial charge in [0, 0.05) is 20.7 Å². The average molecular weight is 618 g/mol. The maximum absolute atomic E-state index is 13.6. The van der Waals surface area contributed by atoms with Gasteiger partial charge in [-0.2, -0.15) is 0 Å². The monoisotopic (exact) mass is 617 g/mol. The summed E-state index contributed by atoms with van der Waals surface area (Å²) in [5.74, 6) is -0.495. The largest absolute Gasteiger partial charge is 0.484 e. The third-order valence-electron chi connectivity index (χ3n) is 5.47. The molecule has 0 bridgehead atoms. The number of furan rings is 1. The summed E-state index contributed by atoms with van der Waals surface area (Å²) in [5, 5.41) is 3.05. The SMILES string of the molecule is Cc1ccc(-c2cc(C(F)F)nc3sc(C(N)=O)c(NC(=O)c4ccc(COc5ccccc5Br)o4)c23)s1. The van der Waals surface area contributed by atoms with Crippen LogP contribution in [0.15, 0.2) is 63.5 Å². The van der Waals surface area contributed by atoms with Gasteiger partial charge < -0.3 is 20.2 Å². The van der Waals surface area contributed by atoms with E-state index in [0.29, 0.717) is 27.3 Å². The molecule has 4 aromatic heterocycles. The number of primary amides is 1. The number of rotatable bonds is 8. The third kappa shape index (κ3) is 5.19. The van der Waals surface area contributed by atoms with Crippen LogP contribution in [0.5, 0.6) is 5.75 Å². The van der Waals surface area contributed by atoms with Crippen LogP contribution in [0.1, 0.15) is 43.0 Å². The van der Waals surface area contributed by atoms with Gasteiger partial charge in [-0.1, -0.05) is 12.1 Å². The van der Waals surface area contributed by atoms with Crippen LogP contribution in [0, 0.1) is 6.92 Å². The molecular weight excluding hydrogens is 600 g/mol. The van der Waals surface area contributed by atoms with Crippen LogP contribution >= 0.6 is 38.6 Å². The van der Waals surface area contributed by atoms with Gasteiger partial charge in [0.05, 0.1) is 10.2 Å². The zero-order chi connectivity index (χ0) is 27.0. The topological polar surface area (TPSA) is 107 Å². The Morgan fingerprint density at radius 2 is 1.95 bits per heavy atom. The lowest BCUT2D eigenvalue weighted by Crippen LogP contribution is -2.16. The van der Waals surface area contributed by atoms with Crippen molar-refractivity contribution in [2.45, 2.75) is 20.0 Å². The molecule has 0 aliphatic carbocycles. The third-order valence-corrected chi connectivity index (χ3v) is 8.25. The number of carbonyl (C=O) groups is 2. The number of nitrogens with one attached hydrogen (secondary N) is 1. The molecule has 4 heterocycles. The highest BCUT2D eigenvalue weighted by molar-refractivity contribution is 9.10. The van der Waals surface area contributed by atoms with Crippen molar-refractivity contribution >= 4 is 66.3 Å². The number of nitrogens with two attached hydrogens (primary N) is 1. The first-order valence-electron chi connectivity index (χ1n) is 11.1. The van der Waals surface area contributed by atoms with Crippen LogP contribution in [0.25, 0.3) is 20.7 Å². The minimum absolute atomic E-state index is 0.00849. The van der Waals surface area contributed by atoms with Crippen molar-refractivity contribution < 1.29 is 27.5 Å². The summed E-state index contributed by atoms with van der Waals surface area (Å²) in [7, 11) is 0. The Hall–Kier alpha value is -3.61. The van der Waals surface area contributed by atoms with E-state index in [1.165, 1.54) is 23.5 Å². The van der Waals surface area contributed by atoms with Crippen molar-refractivity contribution in [3.63, 3.8) is 0 Å². The second-order valence-electron chi connectivity index (χ2n) is 8.10. The van der Waals surface area contributed by atoms with Crippen molar-refractivity contribution in [2.75, 3.05) is 5.32 Å². The molecule has 5 aromatic rings. The molecule has 194 valence electrons. The van der Waals surface area contributed by atoms with Gasteiger partial charge in [-0.05, 0) is 65.3 Å². The fourth-order valence-corrected chi connectivity index (χ4v) is 6.06. The van der Waals surface area contributed by atoms with E-state index in [9.17, 15) is 18.4 Å². The molecule has 12 heteroatoms. The van der Waals surface area contributed by atoms with Gasteiger partial charge in [-0.15, -0.1) is 22.7 Å². The Balaban J connectivity index is 1.50. The zero-order valence-corrected chi connectivity index (χ0v) is 22.8. The number of halogens is 3. The highest BCUT2D eigenvalue weighted by Crippen LogP contribution is 2.44. The van der Waals surface area contributed by atoms with Crippen LogP contribution in [-0.2, 0) is 6.61 Å². The van der Waals surface area contributed by atoms with Crippen molar-refractivity contribution in [3.8, 4) is 16.2 Å². The number of amides is 2. The van der Waals surface area contributed by atoms with Gasteiger partial charge in [0.1, 0.15) is 33.5 Å². The number of aromatic nitrogens is 1. The van der Waals surface area contributed by atoms with Crippen LogP contribution in [-0.4, -0.2) is 16.8 Å². The summed E-state index contributed by atoms with van der Waals surface area (Å²) < 4.78 is 39.5. The molecule has 0 unspecified atom stereocenters. The fraction of sp³-hybridized carbons (Fsp3) is 0.115. The first-order chi connectivity index (χ1) is 18.2. The summed E-state index contributed by atoms with van der Waals surface area (Å²) in [6, 6.07) is 15.3. The summed E-state index contributed by atoms with van der Waals surface area (Å²) >= 11 is 5.64. The summed E-state index contributed by atoms with van der Waals surface area (Å²) in [6.45, 7) is 1.96. The molecule has 3 N–H and O–H groups in total. The maximum Gasteiger partial charge on any atom is 0.291 e. The van der Waals surface area contributed by atoms with E-state index in [1.54, 1.807) is 18.2 Å². The molecule has 0 spiro atoms. The lowest BCUT2D eigenvalue weighted by atomic mass is 10.1. The lowest BCUT2D eigenvalue weighted by molar-refractivity contribution is 0.0992. The maximum atomic E-state index is 13.6. The van der Waals surface area contributed by atoms with Crippen LogP contribution < -0.4 is 15.8 Å². The molecule has 5 rings (SSSR count). The second kappa shape index (κ2) is 10.6. The van der Waals surface area contributed by atoms with Gasteiger partial charge in [-0.25, -0.2) is 13.8 Å². The first-order valence-corrected chi connectivity index (χ1v) is 13.5. The summed E-state index contributed by atoms with van der Waals surface area (Å²) in [4.78, 5) is 31.3. The quantitative estimate of drug-likeness (QED) is 0.187. The molecule has 1 aromatic carbocycles. The highest BCUT2D eigenvalue weighted by Gasteiger charge is 2.26. The Bertz CT molecular complexity index is 1680. The minimum Gasteiger partial charge on any atom is -0.484 e. The molecule has 0 atom stereocenters. The number of alkyl halides is 2. The molecule has 38 heavy (non-hydrogen) atoms. The number of benzene rings is 1. The Labute approximate surface area is 231 Å². The molecule has 0 saturated heterocycles. The first kappa shape index (κ1) is 26.0. The van der Waals surface area contributed by atoms with E-state index >= 15 is 0 Å². The predicted molar refractivity (Wildman–Crippen MR) is 146 cm³/mol. The lowest BCUT2D eigenvalue weighted by Gasteiger charge is -2.09. The number of thiophene rings is 2. The van der Waals surface area contributed by atoms with E-state index in [0.717, 1.165) is 20.7 Å². The normalized spacial score (nSPS) is 11.3. The van der Waals surface area contributed by atoms with E-state index in [4.69, 9.17) is 14.9 Å². The summed E-state index contributed by atoms with van der Waals surface area (Å²) in [5.41, 5.74) is 5.68. The number of aryl methyl sites for hydroxylation is 1. The molecule has 7 nitrogen and oxygen atoms in total. The second-order valence-corrected chi connectivity index (χ2v) is 11.2. The average Bonchev–Trinajstić information content (AvgIpc) is 3.62. The minimum atomic E-state index is -2.82. The fourth-order valence-electron chi connectivity index (χ4n) is 3.76. The molecule has 0 aliphatic rings. The van der Waals surface area contributed by atoms with Crippen molar-refractivity contribution in [3.05, 3.63) is 86.0 Å². The van der Waals surface area contributed by atoms with E-state index < -0.39 is 23.9 Å². The van der Waals surface area contributed by atoms with Gasteiger partial charge in [0.15, 0.2) is 5.76 Å². The van der Waals surface area contributed by atoms with Crippen molar-refractivity contribution in [1.29, 1.82) is 0 Å². The van der Waals surface area contributed by atoms with Crippen molar-refractivity contribution in [1.82, 2.24) is 4.98 Å². The van der Waals surface area contributed by atoms with Gasteiger partial charge in [-0.3, -0.25) is 9.59 Å². The van der Waals surface area contributed by atoms with Crippen LogP contribution in [0.3, 0.4) is 0 Å². The molecular formula is C26H18BrF2N3O4S2.